The first-order chi connectivity index (χ1) is 9.69. The maximum absolute atomic E-state index is 5.62. The largest absolute Gasteiger partial charge is 0.490 e. The number of ether oxygens (including phenoxy) is 1. The molecule has 0 amide bonds. The van der Waals surface area contributed by atoms with Crippen molar-refractivity contribution in [3.05, 3.63) is 23.8 Å². The van der Waals surface area contributed by atoms with Gasteiger partial charge in [-0.05, 0) is 49.4 Å². The number of anilines is 1. The molecule has 1 aromatic rings. The predicted molar refractivity (Wildman–Crippen MR) is 85.7 cm³/mol. The van der Waals surface area contributed by atoms with Gasteiger partial charge in [0, 0.05) is 12.6 Å². The van der Waals surface area contributed by atoms with Crippen LogP contribution in [0.25, 0.3) is 0 Å². The van der Waals surface area contributed by atoms with E-state index in [2.05, 4.69) is 49.6 Å². The lowest BCUT2D eigenvalue weighted by Crippen LogP contribution is -2.32. The number of hydrogen-bond acceptors (Lipinski definition) is 3. The molecule has 0 radical (unpaired) electrons. The number of benzene rings is 1. The van der Waals surface area contributed by atoms with Crippen molar-refractivity contribution in [1.29, 1.82) is 0 Å². The van der Waals surface area contributed by atoms with E-state index in [4.69, 9.17) is 4.74 Å². The van der Waals surface area contributed by atoms with E-state index < -0.39 is 0 Å². The topological polar surface area (TPSA) is 33.3 Å². The van der Waals surface area contributed by atoms with Gasteiger partial charge in [0.2, 0.25) is 0 Å². The highest BCUT2D eigenvalue weighted by atomic mass is 16.5. The van der Waals surface area contributed by atoms with Crippen LogP contribution in [-0.2, 0) is 6.42 Å². The van der Waals surface area contributed by atoms with Gasteiger partial charge in [0.25, 0.3) is 0 Å². The van der Waals surface area contributed by atoms with E-state index in [1.54, 1.807) is 0 Å². The van der Waals surface area contributed by atoms with Crippen LogP contribution < -0.4 is 15.4 Å². The highest BCUT2D eigenvalue weighted by Gasteiger charge is 2.12. The monoisotopic (exact) mass is 276 g/mol. The third-order valence-electron chi connectivity index (χ3n) is 3.85. The Labute approximate surface area is 123 Å². The van der Waals surface area contributed by atoms with Gasteiger partial charge in [-0.2, -0.15) is 0 Å². The van der Waals surface area contributed by atoms with Gasteiger partial charge in [-0.1, -0.05) is 26.8 Å². The summed E-state index contributed by atoms with van der Waals surface area (Å²) in [5.74, 6) is 1.76. The van der Waals surface area contributed by atoms with Crippen molar-refractivity contribution < 1.29 is 4.74 Å². The normalized spacial score (nSPS) is 15.4. The lowest BCUT2D eigenvalue weighted by Gasteiger charge is -2.22. The molecule has 2 N–H and O–H groups in total. The third-order valence-corrected chi connectivity index (χ3v) is 3.85. The molecular weight excluding hydrogens is 248 g/mol. The van der Waals surface area contributed by atoms with Crippen LogP contribution in [0.5, 0.6) is 5.75 Å². The molecule has 0 saturated carbocycles. The zero-order valence-electron chi connectivity index (χ0n) is 13.0. The Balaban J connectivity index is 1.90. The summed E-state index contributed by atoms with van der Waals surface area (Å²) in [4.78, 5) is 0. The number of rotatable bonds is 7. The summed E-state index contributed by atoms with van der Waals surface area (Å²) in [5.41, 5.74) is 2.52. The maximum atomic E-state index is 5.62. The molecule has 1 aliphatic rings. The van der Waals surface area contributed by atoms with Gasteiger partial charge in [0.15, 0.2) is 0 Å². The van der Waals surface area contributed by atoms with Crippen molar-refractivity contribution in [1.82, 2.24) is 5.32 Å². The highest BCUT2D eigenvalue weighted by Crippen LogP contribution is 2.28. The number of fused-ring (bicyclic) bond motifs is 1. The van der Waals surface area contributed by atoms with Gasteiger partial charge >= 0.3 is 0 Å². The maximum Gasteiger partial charge on any atom is 0.142 e. The lowest BCUT2D eigenvalue weighted by molar-refractivity contribution is 0.323. The fraction of sp³-hybridized carbons (Fsp3) is 0.647. The molecule has 3 heteroatoms. The van der Waals surface area contributed by atoms with E-state index in [0.29, 0.717) is 6.04 Å². The lowest BCUT2D eigenvalue weighted by atomic mass is 10.0. The standard InChI is InChI=1S/C17H28N2O/c1-4-15(18-8-7-13(2)3)11-14-5-6-17-16(12-14)19-9-10-20-17/h5-6,12-13,15,18-19H,4,7-11H2,1-3H3. The van der Waals surface area contributed by atoms with E-state index in [-0.39, 0.29) is 0 Å². The molecule has 3 nitrogen and oxygen atoms in total. The second-order valence-electron chi connectivity index (χ2n) is 6.05. The first kappa shape index (κ1) is 15.2. The van der Waals surface area contributed by atoms with Gasteiger partial charge in [-0.25, -0.2) is 0 Å². The van der Waals surface area contributed by atoms with E-state index in [1.807, 2.05) is 0 Å². The first-order valence-corrected chi connectivity index (χ1v) is 7.92. The van der Waals surface area contributed by atoms with Crippen molar-refractivity contribution in [3.8, 4) is 5.75 Å². The molecule has 1 heterocycles. The third kappa shape index (κ3) is 4.41. The summed E-state index contributed by atoms with van der Waals surface area (Å²) in [5, 5.41) is 7.08. The Morgan fingerprint density at radius 1 is 1.35 bits per heavy atom. The number of nitrogens with one attached hydrogen (secondary N) is 2. The zero-order chi connectivity index (χ0) is 14.4. The molecule has 0 bridgehead atoms. The van der Waals surface area contributed by atoms with Gasteiger partial charge in [-0.3, -0.25) is 0 Å². The fourth-order valence-corrected chi connectivity index (χ4v) is 2.54. The summed E-state index contributed by atoms with van der Waals surface area (Å²) in [6.07, 6.45) is 3.50. The quantitative estimate of drug-likeness (QED) is 0.800. The van der Waals surface area contributed by atoms with Crippen molar-refractivity contribution >= 4 is 5.69 Å². The van der Waals surface area contributed by atoms with Gasteiger partial charge in [-0.15, -0.1) is 0 Å². The van der Waals surface area contributed by atoms with Gasteiger partial charge in [0.1, 0.15) is 12.4 Å². The molecule has 2 rings (SSSR count). The smallest absolute Gasteiger partial charge is 0.142 e. The van der Waals surface area contributed by atoms with Crippen LogP contribution in [0.4, 0.5) is 5.69 Å². The molecule has 1 atom stereocenters. The minimum Gasteiger partial charge on any atom is -0.490 e. The summed E-state index contributed by atoms with van der Waals surface area (Å²) >= 11 is 0. The Morgan fingerprint density at radius 2 is 2.20 bits per heavy atom. The summed E-state index contributed by atoms with van der Waals surface area (Å²) in [6.45, 7) is 9.59. The number of hydrogen-bond donors (Lipinski definition) is 2. The van der Waals surface area contributed by atoms with Crippen molar-refractivity contribution in [2.24, 2.45) is 5.92 Å². The van der Waals surface area contributed by atoms with E-state index in [0.717, 1.165) is 43.5 Å². The summed E-state index contributed by atoms with van der Waals surface area (Å²) in [6, 6.07) is 7.09. The summed E-state index contributed by atoms with van der Waals surface area (Å²) in [7, 11) is 0. The molecular formula is C17H28N2O. The predicted octanol–water partition coefficient (Wildman–Crippen LogP) is 3.45. The average molecular weight is 276 g/mol. The molecule has 0 fully saturated rings. The minimum absolute atomic E-state index is 0.566. The summed E-state index contributed by atoms with van der Waals surface area (Å²) < 4.78 is 5.62. The van der Waals surface area contributed by atoms with Crippen molar-refractivity contribution in [2.45, 2.75) is 46.1 Å². The van der Waals surface area contributed by atoms with Crippen LogP contribution in [0.3, 0.4) is 0 Å². The van der Waals surface area contributed by atoms with Crippen molar-refractivity contribution in [2.75, 3.05) is 25.0 Å². The minimum atomic E-state index is 0.566. The fourth-order valence-electron chi connectivity index (χ4n) is 2.54. The van der Waals surface area contributed by atoms with Gasteiger partial charge in [0.05, 0.1) is 5.69 Å². The SMILES string of the molecule is CCC(Cc1ccc2c(c1)NCCO2)NCCC(C)C. The Bertz CT molecular complexity index is 417. The first-order valence-electron chi connectivity index (χ1n) is 7.92. The molecule has 112 valence electrons. The van der Waals surface area contributed by atoms with Crippen LogP contribution in [0.1, 0.15) is 39.2 Å². The second-order valence-corrected chi connectivity index (χ2v) is 6.05. The molecule has 0 spiro atoms. The molecule has 0 saturated heterocycles. The van der Waals surface area contributed by atoms with Crippen LogP contribution in [0.2, 0.25) is 0 Å². The van der Waals surface area contributed by atoms with E-state index in [1.165, 1.54) is 18.4 Å². The molecule has 0 aliphatic carbocycles. The van der Waals surface area contributed by atoms with Crippen molar-refractivity contribution in [3.63, 3.8) is 0 Å². The van der Waals surface area contributed by atoms with E-state index >= 15 is 0 Å². The Morgan fingerprint density at radius 3 is 2.95 bits per heavy atom. The Kier molecular flexibility index (Phi) is 5.72. The van der Waals surface area contributed by atoms with Crippen LogP contribution >= 0.6 is 0 Å². The van der Waals surface area contributed by atoms with Crippen LogP contribution in [-0.4, -0.2) is 25.7 Å². The van der Waals surface area contributed by atoms with Crippen LogP contribution in [0.15, 0.2) is 18.2 Å². The molecule has 1 unspecified atom stereocenters. The average Bonchev–Trinajstić information content (AvgIpc) is 2.45. The molecule has 20 heavy (non-hydrogen) atoms. The van der Waals surface area contributed by atoms with Gasteiger partial charge < -0.3 is 15.4 Å². The molecule has 1 aliphatic heterocycles. The molecule has 0 aromatic heterocycles. The Hall–Kier alpha value is -1.22. The highest BCUT2D eigenvalue weighted by molar-refractivity contribution is 5.59. The molecule has 1 aromatic carbocycles. The van der Waals surface area contributed by atoms with Crippen LogP contribution in [0, 0.1) is 5.92 Å². The zero-order valence-corrected chi connectivity index (χ0v) is 13.0. The van der Waals surface area contributed by atoms with E-state index in [9.17, 15) is 0 Å². The second kappa shape index (κ2) is 7.53.